The van der Waals surface area contributed by atoms with Gasteiger partial charge in [0.15, 0.2) is 0 Å². The third-order valence-electron chi connectivity index (χ3n) is 8.69. The molecule has 0 heterocycles. The summed E-state index contributed by atoms with van der Waals surface area (Å²) in [7, 11) is 0. The fourth-order valence-corrected chi connectivity index (χ4v) is 11.5. The van der Waals surface area contributed by atoms with E-state index in [1.165, 1.54) is 75.3 Å². The van der Waals surface area contributed by atoms with Crippen LogP contribution in [0.15, 0.2) is 80.7 Å². The van der Waals surface area contributed by atoms with E-state index in [0.717, 1.165) is 11.8 Å². The molecule has 0 aliphatic heterocycles. The maximum atomic E-state index is 2.57. The minimum absolute atomic E-state index is 0. The van der Waals surface area contributed by atoms with Crippen LogP contribution in [0.5, 0.6) is 0 Å². The Kier molecular flexibility index (Phi) is 9.40. The van der Waals surface area contributed by atoms with E-state index in [1.807, 2.05) is 8.85 Å². The van der Waals surface area contributed by atoms with E-state index in [9.17, 15) is 0 Å². The zero-order valence-electron chi connectivity index (χ0n) is 20.8. The fourth-order valence-electron chi connectivity index (χ4n) is 7.08. The molecule has 0 atom stereocenters. The SMILES string of the molecule is CC1=[C]([Zr+2][CH]2c3ccccc3-c3ccccc32)C(=C(C2CCCCC2)C2CCCCC2)C=C1.[Cl-].[Cl-]. The van der Waals surface area contributed by atoms with Crippen LogP contribution in [0, 0.1) is 11.8 Å². The summed E-state index contributed by atoms with van der Waals surface area (Å²) in [5.41, 5.74) is 11.4. The van der Waals surface area contributed by atoms with E-state index in [4.69, 9.17) is 0 Å². The maximum Gasteiger partial charge on any atom is -1.00 e. The molecular formula is C32H36Cl2Zr. The Bertz CT molecular complexity index is 1060. The molecule has 0 nitrogen and oxygen atoms in total. The summed E-state index contributed by atoms with van der Waals surface area (Å²) in [4.78, 5) is 0. The third kappa shape index (κ3) is 5.26. The zero-order valence-corrected chi connectivity index (χ0v) is 24.8. The van der Waals surface area contributed by atoms with Crippen molar-refractivity contribution in [3.8, 4) is 11.1 Å². The quantitative estimate of drug-likeness (QED) is 0.520. The summed E-state index contributed by atoms with van der Waals surface area (Å²) in [5, 5.41) is 0. The van der Waals surface area contributed by atoms with E-state index >= 15 is 0 Å². The minimum Gasteiger partial charge on any atom is -1.00 e. The van der Waals surface area contributed by atoms with Crippen LogP contribution in [0.2, 0.25) is 0 Å². The van der Waals surface area contributed by atoms with E-state index in [2.05, 4.69) is 67.6 Å². The van der Waals surface area contributed by atoms with Crippen molar-refractivity contribution in [1.82, 2.24) is 0 Å². The molecule has 0 radical (unpaired) electrons. The molecule has 182 valence electrons. The summed E-state index contributed by atoms with van der Waals surface area (Å²) in [6.45, 7) is 2.41. The molecule has 4 aliphatic rings. The molecule has 0 unspecified atom stereocenters. The first-order valence-electron chi connectivity index (χ1n) is 13.4. The van der Waals surface area contributed by atoms with Crippen LogP contribution in [0.25, 0.3) is 11.1 Å². The van der Waals surface area contributed by atoms with Gasteiger partial charge < -0.3 is 24.8 Å². The van der Waals surface area contributed by atoms with Crippen molar-refractivity contribution in [3.63, 3.8) is 0 Å². The van der Waals surface area contributed by atoms with E-state index in [1.54, 1.807) is 22.3 Å². The van der Waals surface area contributed by atoms with Gasteiger partial charge in [0, 0.05) is 0 Å². The summed E-state index contributed by atoms with van der Waals surface area (Å²) >= 11 is -0.872. The molecule has 35 heavy (non-hydrogen) atoms. The van der Waals surface area contributed by atoms with Gasteiger partial charge in [-0.05, 0) is 0 Å². The largest absolute Gasteiger partial charge is 1.00 e. The Morgan fingerprint density at radius 1 is 0.657 bits per heavy atom. The van der Waals surface area contributed by atoms with Crippen molar-refractivity contribution in [3.05, 3.63) is 91.8 Å². The van der Waals surface area contributed by atoms with Gasteiger partial charge in [-0.15, -0.1) is 0 Å². The van der Waals surface area contributed by atoms with Crippen LogP contribution in [0.3, 0.4) is 0 Å². The molecule has 0 N–H and O–H groups in total. The van der Waals surface area contributed by atoms with Crippen LogP contribution in [-0.4, -0.2) is 0 Å². The van der Waals surface area contributed by atoms with E-state index in [-0.39, 0.29) is 24.8 Å². The van der Waals surface area contributed by atoms with Gasteiger partial charge in [-0.2, -0.15) is 0 Å². The monoisotopic (exact) mass is 580 g/mol. The van der Waals surface area contributed by atoms with E-state index < -0.39 is 23.2 Å². The van der Waals surface area contributed by atoms with Gasteiger partial charge in [0.2, 0.25) is 0 Å². The number of halogens is 2. The molecule has 0 saturated heterocycles. The fraction of sp³-hybridized carbons (Fsp3) is 0.438. The molecule has 0 aromatic heterocycles. The van der Waals surface area contributed by atoms with Crippen molar-refractivity contribution in [2.24, 2.45) is 11.8 Å². The number of rotatable bonds is 4. The Labute approximate surface area is 236 Å². The van der Waals surface area contributed by atoms with Crippen molar-refractivity contribution in [2.75, 3.05) is 0 Å². The van der Waals surface area contributed by atoms with Crippen molar-refractivity contribution in [2.45, 2.75) is 74.8 Å². The normalized spacial score (nSPS) is 20.1. The molecule has 0 amide bonds. The Balaban J connectivity index is 0.00000144. The third-order valence-corrected chi connectivity index (χ3v) is 13.3. The van der Waals surface area contributed by atoms with Gasteiger partial charge in [0.05, 0.1) is 0 Å². The molecule has 2 aromatic carbocycles. The minimum atomic E-state index is -0.872. The average molecular weight is 583 g/mol. The van der Waals surface area contributed by atoms with Gasteiger partial charge >= 0.3 is 213 Å². The number of fused-ring (bicyclic) bond motifs is 3. The molecule has 2 saturated carbocycles. The maximum absolute atomic E-state index is 2.57. The second-order valence-corrected chi connectivity index (χ2v) is 14.0. The smallest absolute Gasteiger partial charge is 1.00 e. The van der Waals surface area contributed by atoms with Gasteiger partial charge in [-0.25, -0.2) is 0 Å². The standard InChI is InChI=1S/C19H27.C13H9.2ClH.Zr/c1-15-12-13-18(14-15)19(16-8-4-2-5-9-16)17-10-6-3-7-11-17;1-3-7-12-10(5-1)9-11-6-2-4-8-13(11)12;;;/h12-13,16-17H,2-11H2,1H3;1-9H;2*1H;/q;;;;+2/p-2. The summed E-state index contributed by atoms with van der Waals surface area (Å²) < 4.78 is 2.47. The van der Waals surface area contributed by atoms with Crippen molar-refractivity contribution >= 4 is 0 Å². The molecule has 2 aromatic rings. The second kappa shape index (κ2) is 12.1. The van der Waals surface area contributed by atoms with Crippen LogP contribution < -0.4 is 24.8 Å². The van der Waals surface area contributed by atoms with Crippen LogP contribution in [0.4, 0.5) is 0 Å². The van der Waals surface area contributed by atoms with Gasteiger partial charge in [-0.3, -0.25) is 0 Å². The van der Waals surface area contributed by atoms with Gasteiger partial charge in [0.25, 0.3) is 0 Å². The first-order chi connectivity index (χ1) is 16.3. The van der Waals surface area contributed by atoms with Crippen molar-refractivity contribution < 1.29 is 48.0 Å². The van der Waals surface area contributed by atoms with Crippen molar-refractivity contribution in [1.29, 1.82) is 0 Å². The van der Waals surface area contributed by atoms with Crippen LogP contribution in [-0.2, 0) is 23.2 Å². The summed E-state index contributed by atoms with van der Waals surface area (Å²) in [5.74, 6) is 1.70. The topological polar surface area (TPSA) is 0 Å². The molecule has 3 heteroatoms. The summed E-state index contributed by atoms with van der Waals surface area (Å²) in [6.07, 6.45) is 19.5. The van der Waals surface area contributed by atoms with E-state index in [0.29, 0.717) is 3.63 Å². The number of hydrogen-bond acceptors (Lipinski definition) is 0. The Hall–Kier alpha value is -0.877. The zero-order chi connectivity index (χ0) is 22.2. The first-order valence-corrected chi connectivity index (χ1v) is 16.0. The molecule has 0 spiro atoms. The Morgan fingerprint density at radius 3 is 1.66 bits per heavy atom. The Morgan fingerprint density at radius 2 is 1.14 bits per heavy atom. The first kappa shape index (κ1) is 27.2. The number of hydrogen-bond donors (Lipinski definition) is 0. The summed E-state index contributed by atoms with van der Waals surface area (Å²) in [6, 6.07) is 18.5. The van der Waals surface area contributed by atoms with Crippen LogP contribution in [0.1, 0.15) is 85.9 Å². The molecule has 4 aliphatic carbocycles. The predicted octanol–water partition coefficient (Wildman–Crippen LogP) is 3.15. The second-order valence-electron chi connectivity index (χ2n) is 10.7. The molecular weight excluding hydrogens is 546 g/mol. The molecule has 2 fully saturated rings. The van der Waals surface area contributed by atoms with Crippen LogP contribution >= 0.6 is 0 Å². The number of benzene rings is 2. The van der Waals surface area contributed by atoms with Gasteiger partial charge in [0.1, 0.15) is 0 Å². The molecule has 6 rings (SSSR count). The average Bonchev–Trinajstić information content (AvgIpc) is 3.39. The molecule has 0 bridgehead atoms. The van der Waals surface area contributed by atoms with Gasteiger partial charge in [-0.1, -0.05) is 0 Å². The predicted molar refractivity (Wildman–Crippen MR) is 136 cm³/mol. The number of allylic oxidation sites excluding steroid dienone is 6.